The molecule has 1 heteroatoms. The number of aromatic nitrogens is 1. The van der Waals surface area contributed by atoms with Gasteiger partial charge in [0.25, 0.3) is 0 Å². The fraction of sp³-hybridized carbons (Fsp3) is 0.200. The van der Waals surface area contributed by atoms with Gasteiger partial charge in [-0.15, -0.1) is 0 Å². The van der Waals surface area contributed by atoms with E-state index in [1.807, 2.05) is 0 Å². The Kier molecular flexibility index (Phi) is 2.37. The van der Waals surface area contributed by atoms with Gasteiger partial charge >= 0.3 is 0 Å². The van der Waals surface area contributed by atoms with Gasteiger partial charge in [-0.1, -0.05) is 42.5 Å². The smallest absolute Gasteiger partial charge is 0.0456 e. The van der Waals surface area contributed by atoms with Crippen molar-refractivity contribution in [2.45, 2.75) is 12.8 Å². The first-order valence-corrected chi connectivity index (χ1v) is 5.82. The van der Waals surface area contributed by atoms with Crippen LogP contribution in [0.1, 0.15) is 12.1 Å². The van der Waals surface area contributed by atoms with Gasteiger partial charge in [0.2, 0.25) is 0 Å². The number of fused-ring (bicyclic) bond motifs is 1. The van der Waals surface area contributed by atoms with E-state index in [9.17, 15) is 0 Å². The maximum atomic E-state index is 3.48. The molecular formula is C15H15N. The highest BCUT2D eigenvalue weighted by Crippen LogP contribution is 2.20. The van der Waals surface area contributed by atoms with Crippen LogP contribution >= 0.6 is 0 Å². The topological polar surface area (TPSA) is 15.8 Å². The first-order valence-electron chi connectivity index (χ1n) is 5.82. The quantitative estimate of drug-likeness (QED) is 0.773. The molecule has 3 rings (SSSR count). The van der Waals surface area contributed by atoms with E-state index in [-0.39, 0.29) is 0 Å². The summed E-state index contributed by atoms with van der Waals surface area (Å²) in [7, 11) is 0. The maximum absolute atomic E-state index is 3.48. The maximum Gasteiger partial charge on any atom is 0.0456 e. The number of hydrogen-bond donors (Lipinski definition) is 1. The van der Waals surface area contributed by atoms with Crippen LogP contribution in [-0.4, -0.2) is 4.98 Å². The molecule has 0 aliphatic heterocycles. The molecule has 0 spiro atoms. The van der Waals surface area contributed by atoms with Gasteiger partial charge in [-0.25, -0.2) is 0 Å². The number of aromatic amines is 1. The molecule has 0 radical (unpaired) electrons. The van der Waals surface area contributed by atoms with Crippen LogP contribution in [0, 0.1) is 5.92 Å². The minimum absolute atomic E-state index is 0.651. The molecule has 1 nitrogen and oxygen atoms in total. The number of benzene rings is 1. The number of para-hydroxylation sites is 1. The molecule has 1 aromatic carbocycles. The molecule has 1 aliphatic rings. The average Bonchev–Trinajstić information content (AvgIpc) is 2.72. The van der Waals surface area contributed by atoms with Crippen LogP contribution in [0.3, 0.4) is 0 Å². The van der Waals surface area contributed by atoms with E-state index in [2.05, 4.69) is 59.6 Å². The van der Waals surface area contributed by atoms with Crippen LogP contribution in [0.5, 0.6) is 0 Å². The third kappa shape index (κ3) is 1.81. The lowest BCUT2D eigenvalue weighted by Gasteiger charge is -2.10. The molecular weight excluding hydrogens is 194 g/mol. The molecule has 0 amide bonds. The van der Waals surface area contributed by atoms with Gasteiger partial charge in [0.05, 0.1) is 0 Å². The van der Waals surface area contributed by atoms with Gasteiger partial charge in [0, 0.05) is 11.2 Å². The first-order chi connectivity index (χ1) is 7.92. The van der Waals surface area contributed by atoms with E-state index in [0.29, 0.717) is 5.92 Å². The summed E-state index contributed by atoms with van der Waals surface area (Å²) in [6.07, 6.45) is 11.1. The Morgan fingerprint density at radius 2 is 2.12 bits per heavy atom. The summed E-state index contributed by atoms with van der Waals surface area (Å²) < 4.78 is 0. The largest absolute Gasteiger partial charge is 0.358 e. The zero-order valence-electron chi connectivity index (χ0n) is 9.19. The molecule has 2 aromatic rings. The summed E-state index contributed by atoms with van der Waals surface area (Å²) in [6.45, 7) is 0. The number of allylic oxidation sites excluding steroid dienone is 4. The molecule has 1 aliphatic carbocycles. The normalized spacial score (nSPS) is 19.4. The predicted molar refractivity (Wildman–Crippen MR) is 68.4 cm³/mol. The number of hydrogen-bond acceptors (Lipinski definition) is 0. The average molecular weight is 209 g/mol. The molecule has 1 atom stereocenters. The summed E-state index contributed by atoms with van der Waals surface area (Å²) in [5.74, 6) is 0.651. The first kappa shape index (κ1) is 9.46. The lowest BCUT2D eigenvalue weighted by atomic mass is 9.96. The van der Waals surface area contributed by atoms with Crippen molar-refractivity contribution in [2.75, 3.05) is 0 Å². The molecule has 1 N–H and O–H groups in total. The predicted octanol–water partition coefficient (Wildman–Crippen LogP) is 3.84. The molecule has 0 bridgehead atoms. The highest BCUT2D eigenvalue weighted by Gasteiger charge is 2.08. The summed E-state index contributed by atoms with van der Waals surface area (Å²) >= 11 is 0. The van der Waals surface area contributed by atoms with Gasteiger partial charge < -0.3 is 4.98 Å². The van der Waals surface area contributed by atoms with Gasteiger partial charge in [-0.3, -0.25) is 0 Å². The Hall–Kier alpha value is -1.76. The van der Waals surface area contributed by atoms with Crippen molar-refractivity contribution in [3.8, 4) is 0 Å². The molecule has 1 heterocycles. The van der Waals surface area contributed by atoms with Gasteiger partial charge in [-0.05, 0) is 36.3 Å². The molecule has 16 heavy (non-hydrogen) atoms. The summed E-state index contributed by atoms with van der Waals surface area (Å²) in [5, 5.41) is 1.31. The fourth-order valence-corrected chi connectivity index (χ4v) is 2.31. The van der Waals surface area contributed by atoms with Crippen molar-refractivity contribution in [3.63, 3.8) is 0 Å². The second-order valence-electron chi connectivity index (χ2n) is 4.39. The standard InChI is InChI=1S/C15H15N/c1-2-6-12(7-3-1)10-14-11-13-8-4-5-9-15(13)16-14/h1-6,8-9,11-12,16H,7,10H2. The van der Waals surface area contributed by atoms with Crippen LogP contribution in [0.15, 0.2) is 54.6 Å². The molecule has 0 saturated heterocycles. The van der Waals surface area contributed by atoms with Crippen molar-refractivity contribution in [3.05, 3.63) is 60.3 Å². The van der Waals surface area contributed by atoms with Gasteiger partial charge in [0.1, 0.15) is 0 Å². The van der Waals surface area contributed by atoms with E-state index in [0.717, 1.165) is 12.8 Å². The van der Waals surface area contributed by atoms with E-state index in [1.165, 1.54) is 16.6 Å². The van der Waals surface area contributed by atoms with Crippen LogP contribution in [0.4, 0.5) is 0 Å². The minimum Gasteiger partial charge on any atom is -0.358 e. The lowest BCUT2D eigenvalue weighted by molar-refractivity contribution is 0.645. The second-order valence-corrected chi connectivity index (χ2v) is 4.39. The zero-order chi connectivity index (χ0) is 10.8. The SMILES string of the molecule is C1=CCC(Cc2cc3ccccc3[nH]2)C=C1. The van der Waals surface area contributed by atoms with E-state index in [1.54, 1.807) is 0 Å². The van der Waals surface area contributed by atoms with Crippen molar-refractivity contribution < 1.29 is 0 Å². The van der Waals surface area contributed by atoms with Crippen LogP contribution in [0.2, 0.25) is 0 Å². The van der Waals surface area contributed by atoms with Crippen molar-refractivity contribution in [2.24, 2.45) is 5.92 Å². The lowest BCUT2D eigenvalue weighted by Crippen LogP contribution is -2.02. The highest BCUT2D eigenvalue weighted by atomic mass is 14.7. The fourth-order valence-electron chi connectivity index (χ4n) is 2.31. The Balaban J connectivity index is 1.84. The molecule has 1 unspecified atom stereocenters. The summed E-state index contributed by atoms with van der Waals surface area (Å²) in [5.41, 5.74) is 2.58. The van der Waals surface area contributed by atoms with Gasteiger partial charge in [-0.2, -0.15) is 0 Å². The van der Waals surface area contributed by atoms with Crippen LogP contribution in [0.25, 0.3) is 10.9 Å². The van der Waals surface area contributed by atoms with Crippen molar-refractivity contribution in [1.29, 1.82) is 0 Å². The Labute approximate surface area is 95.5 Å². The number of nitrogens with one attached hydrogen (secondary N) is 1. The third-order valence-corrected chi connectivity index (χ3v) is 3.14. The van der Waals surface area contributed by atoms with E-state index >= 15 is 0 Å². The molecule has 80 valence electrons. The van der Waals surface area contributed by atoms with E-state index < -0.39 is 0 Å². The number of H-pyrrole nitrogens is 1. The second kappa shape index (κ2) is 4.01. The molecule has 0 saturated carbocycles. The molecule has 0 fully saturated rings. The Morgan fingerprint density at radius 1 is 1.19 bits per heavy atom. The highest BCUT2D eigenvalue weighted by molar-refractivity contribution is 5.80. The van der Waals surface area contributed by atoms with Crippen molar-refractivity contribution >= 4 is 10.9 Å². The Bertz CT molecular complexity index is 512. The third-order valence-electron chi connectivity index (χ3n) is 3.14. The summed E-state index contributed by atoms with van der Waals surface area (Å²) in [4.78, 5) is 3.48. The summed E-state index contributed by atoms with van der Waals surface area (Å²) in [6, 6.07) is 10.7. The minimum atomic E-state index is 0.651. The van der Waals surface area contributed by atoms with Crippen LogP contribution in [-0.2, 0) is 6.42 Å². The number of rotatable bonds is 2. The van der Waals surface area contributed by atoms with E-state index in [4.69, 9.17) is 0 Å². The van der Waals surface area contributed by atoms with Crippen LogP contribution < -0.4 is 0 Å². The zero-order valence-corrected chi connectivity index (χ0v) is 9.19. The monoisotopic (exact) mass is 209 g/mol. The van der Waals surface area contributed by atoms with Gasteiger partial charge in [0.15, 0.2) is 0 Å². The van der Waals surface area contributed by atoms with Crippen molar-refractivity contribution in [1.82, 2.24) is 4.98 Å². The Morgan fingerprint density at radius 3 is 2.94 bits per heavy atom. The molecule has 1 aromatic heterocycles.